The van der Waals surface area contributed by atoms with Crippen LogP contribution in [0.25, 0.3) is 0 Å². The molecule has 0 radical (unpaired) electrons. The van der Waals surface area contributed by atoms with Gasteiger partial charge in [-0.15, -0.1) is 0 Å². The minimum atomic E-state index is -0.222. The van der Waals surface area contributed by atoms with Crippen LogP contribution in [0.2, 0.25) is 0 Å². The van der Waals surface area contributed by atoms with Crippen molar-refractivity contribution in [2.45, 2.75) is 96.5 Å². The third-order valence-electron chi connectivity index (χ3n) is 6.03. The van der Waals surface area contributed by atoms with Gasteiger partial charge in [-0.05, 0) is 60.1 Å². The molecular formula is C22H36O2. The van der Waals surface area contributed by atoms with Crippen LogP contribution in [-0.4, -0.2) is 16.3 Å². The first kappa shape index (κ1) is 19.3. The molecule has 0 saturated heterocycles. The van der Waals surface area contributed by atoms with Gasteiger partial charge in [-0.3, -0.25) is 0 Å². The van der Waals surface area contributed by atoms with Gasteiger partial charge in [-0.2, -0.15) is 0 Å². The van der Waals surface area contributed by atoms with Crippen LogP contribution in [0.3, 0.4) is 0 Å². The lowest BCUT2D eigenvalue weighted by molar-refractivity contribution is 0.0975. The number of phenolic OH excluding ortho intramolecular Hbond substituents is 1. The Balaban J connectivity index is 2.10. The number of benzene rings is 1. The Labute approximate surface area is 148 Å². The summed E-state index contributed by atoms with van der Waals surface area (Å²) in [5.41, 5.74) is 2.34. The third-order valence-corrected chi connectivity index (χ3v) is 6.03. The fourth-order valence-electron chi connectivity index (χ4n) is 4.15. The van der Waals surface area contributed by atoms with Crippen molar-refractivity contribution in [2.24, 2.45) is 5.92 Å². The van der Waals surface area contributed by atoms with Gasteiger partial charge in [-0.25, -0.2) is 0 Å². The first-order valence-electron chi connectivity index (χ1n) is 9.86. The van der Waals surface area contributed by atoms with E-state index in [2.05, 4.69) is 39.8 Å². The van der Waals surface area contributed by atoms with Gasteiger partial charge in [0.1, 0.15) is 5.75 Å². The highest BCUT2D eigenvalue weighted by atomic mass is 16.3. The SMILES string of the molecule is CCCCCCC(C)(C)c1ccc([C@@H]2C[C@@H](O)CC[C@H]2C)c(O)c1. The van der Waals surface area contributed by atoms with Crippen molar-refractivity contribution in [1.82, 2.24) is 0 Å². The molecule has 0 aromatic heterocycles. The lowest BCUT2D eigenvalue weighted by Crippen LogP contribution is -2.25. The van der Waals surface area contributed by atoms with E-state index in [1.54, 1.807) is 0 Å². The minimum absolute atomic E-state index is 0.0987. The van der Waals surface area contributed by atoms with Crippen LogP contribution in [0, 0.1) is 5.92 Å². The summed E-state index contributed by atoms with van der Waals surface area (Å²) in [7, 11) is 0. The van der Waals surface area contributed by atoms with Gasteiger partial charge < -0.3 is 10.2 Å². The summed E-state index contributed by atoms with van der Waals surface area (Å²) in [5.74, 6) is 1.21. The Bertz CT molecular complexity index is 521. The molecule has 2 heteroatoms. The molecule has 2 rings (SSSR count). The average molecular weight is 333 g/mol. The number of aromatic hydroxyl groups is 1. The van der Waals surface area contributed by atoms with Crippen LogP contribution in [0.4, 0.5) is 0 Å². The molecule has 1 aliphatic rings. The van der Waals surface area contributed by atoms with E-state index >= 15 is 0 Å². The Kier molecular flexibility index (Phi) is 6.74. The van der Waals surface area contributed by atoms with Crippen molar-refractivity contribution in [3.05, 3.63) is 29.3 Å². The highest BCUT2D eigenvalue weighted by Gasteiger charge is 2.30. The predicted molar refractivity (Wildman–Crippen MR) is 102 cm³/mol. The van der Waals surface area contributed by atoms with Gasteiger partial charge in [-0.1, -0.05) is 65.5 Å². The topological polar surface area (TPSA) is 40.5 Å². The molecule has 24 heavy (non-hydrogen) atoms. The quantitative estimate of drug-likeness (QED) is 0.610. The van der Waals surface area contributed by atoms with Gasteiger partial charge in [0.2, 0.25) is 0 Å². The molecule has 0 amide bonds. The second-order valence-corrected chi connectivity index (χ2v) is 8.52. The van der Waals surface area contributed by atoms with E-state index in [1.807, 2.05) is 6.07 Å². The molecule has 136 valence electrons. The highest BCUT2D eigenvalue weighted by molar-refractivity contribution is 5.41. The largest absolute Gasteiger partial charge is 0.508 e. The van der Waals surface area contributed by atoms with Gasteiger partial charge in [0, 0.05) is 0 Å². The van der Waals surface area contributed by atoms with Gasteiger partial charge >= 0.3 is 0 Å². The Morgan fingerprint density at radius 3 is 2.54 bits per heavy atom. The van der Waals surface area contributed by atoms with Gasteiger partial charge in [0.25, 0.3) is 0 Å². The number of hydrogen-bond donors (Lipinski definition) is 2. The molecule has 1 saturated carbocycles. The van der Waals surface area contributed by atoms with Crippen LogP contribution < -0.4 is 0 Å². The van der Waals surface area contributed by atoms with E-state index in [1.165, 1.54) is 31.2 Å². The number of aliphatic hydroxyl groups is 1. The maximum Gasteiger partial charge on any atom is 0.119 e. The van der Waals surface area contributed by atoms with Crippen LogP contribution in [0.5, 0.6) is 5.75 Å². The molecule has 0 aliphatic heterocycles. The molecule has 2 N–H and O–H groups in total. The summed E-state index contributed by atoms with van der Waals surface area (Å²) in [4.78, 5) is 0. The smallest absolute Gasteiger partial charge is 0.119 e. The van der Waals surface area contributed by atoms with Crippen molar-refractivity contribution in [3.63, 3.8) is 0 Å². The molecule has 1 aromatic carbocycles. The number of phenols is 1. The lowest BCUT2D eigenvalue weighted by Gasteiger charge is -2.33. The van der Waals surface area contributed by atoms with Crippen LogP contribution >= 0.6 is 0 Å². The Hall–Kier alpha value is -1.02. The Morgan fingerprint density at radius 2 is 1.88 bits per heavy atom. The lowest BCUT2D eigenvalue weighted by atomic mass is 9.73. The first-order valence-corrected chi connectivity index (χ1v) is 9.86. The van der Waals surface area contributed by atoms with Crippen molar-refractivity contribution in [1.29, 1.82) is 0 Å². The predicted octanol–water partition coefficient (Wildman–Crippen LogP) is 5.90. The zero-order chi connectivity index (χ0) is 17.7. The molecule has 2 nitrogen and oxygen atoms in total. The summed E-state index contributed by atoms with van der Waals surface area (Å²) < 4.78 is 0. The highest BCUT2D eigenvalue weighted by Crippen LogP contribution is 2.42. The van der Waals surface area contributed by atoms with E-state index in [9.17, 15) is 10.2 Å². The molecular weight excluding hydrogens is 296 g/mol. The maximum absolute atomic E-state index is 10.6. The van der Waals surface area contributed by atoms with Crippen molar-refractivity contribution in [3.8, 4) is 5.75 Å². The summed E-state index contributed by atoms with van der Waals surface area (Å²) in [6.45, 7) is 9.04. The zero-order valence-electron chi connectivity index (χ0n) is 16.0. The van der Waals surface area contributed by atoms with E-state index in [0.717, 1.165) is 31.2 Å². The zero-order valence-corrected chi connectivity index (χ0v) is 16.0. The van der Waals surface area contributed by atoms with Crippen molar-refractivity contribution in [2.75, 3.05) is 0 Å². The van der Waals surface area contributed by atoms with Gasteiger partial charge in [0.15, 0.2) is 0 Å². The van der Waals surface area contributed by atoms with E-state index in [0.29, 0.717) is 11.7 Å². The molecule has 0 unspecified atom stereocenters. The molecule has 0 heterocycles. The summed E-state index contributed by atoms with van der Waals surface area (Å²) >= 11 is 0. The van der Waals surface area contributed by atoms with E-state index in [4.69, 9.17) is 0 Å². The summed E-state index contributed by atoms with van der Waals surface area (Å²) in [5, 5.41) is 20.6. The first-order chi connectivity index (χ1) is 11.3. The van der Waals surface area contributed by atoms with Crippen LogP contribution in [-0.2, 0) is 5.41 Å². The molecule has 1 aromatic rings. The van der Waals surface area contributed by atoms with Gasteiger partial charge in [0.05, 0.1) is 6.10 Å². The van der Waals surface area contributed by atoms with E-state index < -0.39 is 0 Å². The molecule has 0 bridgehead atoms. The normalized spacial score (nSPS) is 25.0. The number of hydrogen-bond acceptors (Lipinski definition) is 2. The molecule has 1 fully saturated rings. The number of aliphatic hydroxyl groups excluding tert-OH is 1. The Morgan fingerprint density at radius 1 is 1.12 bits per heavy atom. The van der Waals surface area contributed by atoms with Crippen LogP contribution in [0.1, 0.15) is 96.1 Å². The van der Waals surface area contributed by atoms with Crippen LogP contribution in [0.15, 0.2) is 18.2 Å². The van der Waals surface area contributed by atoms with E-state index in [-0.39, 0.29) is 17.4 Å². The number of unbranched alkanes of at least 4 members (excludes halogenated alkanes) is 3. The molecule has 3 atom stereocenters. The summed E-state index contributed by atoms with van der Waals surface area (Å²) in [6, 6.07) is 6.28. The standard InChI is InChI=1S/C22H36O2/c1-5-6-7-8-13-22(3,4)17-10-12-19(21(24)14-17)20-15-18(23)11-9-16(20)2/h10,12,14,16,18,20,23-24H,5-9,11,13,15H2,1-4H3/t16-,18+,20-/m1/s1. The molecule has 0 spiro atoms. The maximum atomic E-state index is 10.6. The fraction of sp³-hybridized carbons (Fsp3) is 0.727. The van der Waals surface area contributed by atoms with Crippen molar-refractivity contribution >= 4 is 0 Å². The van der Waals surface area contributed by atoms with Crippen molar-refractivity contribution < 1.29 is 10.2 Å². The third kappa shape index (κ3) is 4.75. The second-order valence-electron chi connectivity index (χ2n) is 8.52. The number of rotatable bonds is 7. The minimum Gasteiger partial charge on any atom is -0.508 e. The second kappa shape index (κ2) is 8.38. The fourth-order valence-corrected chi connectivity index (χ4v) is 4.15. The summed E-state index contributed by atoms with van der Waals surface area (Å²) in [6.07, 6.45) is 8.75. The monoisotopic (exact) mass is 332 g/mol. The molecule has 1 aliphatic carbocycles. The average Bonchev–Trinajstić information content (AvgIpc) is 2.54.